The molecule has 0 amide bonds. The summed E-state index contributed by atoms with van der Waals surface area (Å²) in [5, 5.41) is 3.34. The van der Waals surface area contributed by atoms with Crippen molar-refractivity contribution in [2.75, 3.05) is 5.32 Å². The van der Waals surface area contributed by atoms with Crippen molar-refractivity contribution in [1.82, 2.24) is 9.97 Å². The molecule has 0 bridgehead atoms. The van der Waals surface area contributed by atoms with Gasteiger partial charge in [0, 0.05) is 5.69 Å². The van der Waals surface area contributed by atoms with E-state index in [1.54, 1.807) is 0 Å². The highest BCUT2D eigenvalue weighted by Gasteiger charge is 2.06. The first-order valence-corrected chi connectivity index (χ1v) is 7.37. The summed E-state index contributed by atoms with van der Waals surface area (Å²) < 4.78 is 0. The van der Waals surface area contributed by atoms with E-state index in [-0.39, 0.29) is 0 Å². The molecule has 3 aromatic rings. The van der Waals surface area contributed by atoms with Crippen LogP contribution in [0, 0.1) is 13.8 Å². The molecule has 2 aromatic carbocycles. The molecule has 1 heterocycles. The molecule has 0 aliphatic heterocycles. The van der Waals surface area contributed by atoms with E-state index in [9.17, 15) is 0 Å². The third kappa shape index (κ3) is 2.77. The quantitative estimate of drug-likeness (QED) is 0.704. The lowest BCUT2D eigenvalue weighted by atomic mass is 10.0. The van der Waals surface area contributed by atoms with Gasteiger partial charge in [0.05, 0.1) is 11.0 Å². The number of benzene rings is 2. The lowest BCUT2D eigenvalue weighted by Crippen LogP contribution is -1.93. The standard InChI is InChI=1S/C18H21N3/c1-11(2)14-5-7-15(8-6-14)19-18-20-16-10-12(3)9-13(4)17(16)21-18/h5-11H,1-4H3,(H2,19,20,21). The number of nitrogens with zero attached hydrogens (tertiary/aromatic N) is 1. The molecule has 0 aliphatic rings. The van der Waals surface area contributed by atoms with Gasteiger partial charge >= 0.3 is 0 Å². The minimum absolute atomic E-state index is 0.552. The lowest BCUT2D eigenvalue weighted by Gasteiger charge is -2.07. The van der Waals surface area contributed by atoms with Crippen LogP contribution in [-0.2, 0) is 0 Å². The van der Waals surface area contributed by atoms with Crippen molar-refractivity contribution in [1.29, 1.82) is 0 Å². The molecule has 108 valence electrons. The Morgan fingerprint density at radius 1 is 1.05 bits per heavy atom. The maximum absolute atomic E-state index is 4.64. The zero-order chi connectivity index (χ0) is 15.0. The van der Waals surface area contributed by atoms with Crippen molar-refractivity contribution in [3.05, 3.63) is 53.1 Å². The van der Waals surface area contributed by atoms with Gasteiger partial charge in [-0.1, -0.05) is 32.0 Å². The Bertz CT molecular complexity index is 767. The largest absolute Gasteiger partial charge is 0.326 e. The Labute approximate surface area is 125 Å². The van der Waals surface area contributed by atoms with Gasteiger partial charge in [-0.2, -0.15) is 0 Å². The highest BCUT2D eigenvalue weighted by atomic mass is 15.1. The third-order valence-corrected chi connectivity index (χ3v) is 3.76. The van der Waals surface area contributed by atoms with Crippen LogP contribution in [0.3, 0.4) is 0 Å². The Morgan fingerprint density at radius 2 is 1.76 bits per heavy atom. The summed E-state index contributed by atoms with van der Waals surface area (Å²) in [7, 11) is 0. The molecule has 0 unspecified atom stereocenters. The topological polar surface area (TPSA) is 40.7 Å². The fourth-order valence-corrected chi connectivity index (χ4v) is 2.62. The number of anilines is 2. The number of fused-ring (bicyclic) bond motifs is 1. The second-order valence-corrected chi connectivity index (χ2v) is 5.97. The summed E-state index contributed by atoms with van der Waals surface area (Å²) in [6, 6.07) is 12.8. The minimum atomic E-state index is 0.552. The summed E-state index contributed by atoms with van der Waals surface area (Å²) in [6.45, 7) is 8.60. The van der Waals surface area contributed by atoms with Crippen LogP contribution in [0.15, 0.2) is 36.4 Å². The molecule has 3 nitrogen and oxygen atoms in total. The molecule has 0 fully saturated rings. The number of nitrogens with one attached hydrogen (secondary N) is 2. The number of aromatic amines is 1. The van der Waals surface area contributed by atoms with Crippen molar-refractivity contribution in [3.8, 4) is 0 Å². The van der Waals surface area contributed by atoms with Crippen molar-refractivity contribution in [2.24, 2.45) is 0 Å². The summed E-state index contributed by atoms with van der Waals surface area (Å²) in [6.07, 6.45) is 0. The highest BCUT2D eigenvalue weighted by Crippen LogP contribution is 2.23. The smallest absolute Gasteiger partial charge is 0.205 e. The number of rotatable bonds is 3. The van der Waals surface area contributed by atoms with E-state index < -0.39 is 0 Å². The zero-order valence-corrected chi connectivity index (χ0v) is 13.0. The summed E-state index contributed by atoms with van der Waals surface area (Å²) in [5.41, 5.74) is 6.95. The van der Waals surface area contributed by atoms with E-state index in [0.717, 1.165) is 22.7 Å². The predicted molar refractivity (Wildman–Crippen MR) is 89.4 cm³/mol. The average molecular weight is 279 g/mol. The monoisotopic (exact) mass is 279 g/mol. The van der Waals surface area contributed by atoms with Gasteiger partial charge in [-0.15, -0.1) is 0 Å². The van der Waals surface area contributed by atoms with Gasteiger partial charge in [-0.3, -0.25) is 0 Å². The normalized spacial score (nSPS) is 11.3. The predicted octanol–water partition coefficient (Wildman–Crippen LogP) is 5.05. The molecule has 3 heteroatoms. The Morgan fingerprint density at radius 3 is 2.43 bits per heavy atom. The second kappa shape index (κ2) is 5.24. The van der Waals surface area contributed by atoms with Crippen LogP contribution in [0.5, 0.6) is 0 Å². The molecular formula is C18H21N3. The van der Waals surface area contributed by atoms with E-state index in [1.807, 2.05) is 0 Å². The van der Waals surface area contributed by atoms with Crippen LogP contribution < -0.4 is 5.32 Å². The van der Waals surface area contributed by atoms with E-state index in [4.69, 9.17) is 0 Å². The van der Waals surface area contributed by atoms with Crippen molar-refractivity contribution < 1.29 is 0 Å². The summed E-state index contributed by atoms with van der Waals surface area (Å²) >= 11 is 0. The fourth-order valence-electron chi connectivity index (χ4n) is 2.62. The Kier molecular flexibility index (Phi) is 3.42. The second-order valence-electron chi connectivity index (χ2n) is 5.97. The number of H-pyrrole nitrogens is 1. The SMILES string of the molecule is Cc1cc(C)c2nc(Nc3ccc(C(C)C)cc3)[nH]c2c1. The van der Waals surface area contributed by atoms with Crippen LogP contribution in [0.1, 0.15) is 36.5 Å². The molecular weight excluding hydrogens is 258 g/mol. The molecule has 0 aliphatic carbocycles. The summed E-state index contributed by atoms with van der Waals surface area (Å²) in [4.78, 5) is 7.98. The number of imidazole rings is 1. The van der Waals surface area contributed by atoms with Gasteiger partial charge in [0.15, 0.2) is 0 Å². The highest BCUT2D eigenvalue weighted by molar-refractivity contribution is 5.82. The molecule has 0 atom stereocenters. The number of aromatic nitrogens is 2. The maximum Gasteiger partial charge on any atom is 0.205 e. The van der Waals surface area contributed by atoms with Gasteiger partial charge in [0.1, 0.15) is 0 Å². The van der Waals surface area contributed by atoms with Crippen LogP contribution >= 0.6 is 0 Å². The average Bonchev–Trinajstić information content (AvgIpc) is 2.82. The first-order valence-electron chi connectivity index (χ1n) is 7.37. The first-order chi connectivity index (χ1) is 10.0. The molecule has 1 aromatic heterocycles. The molecule has 0 radical (unpaired) electrons. The number of hydrogen-bond acceptors (Lipinski definition) is 2. The fraction of sp³-hybridized carbons (Fsp3) is 0.278. The van der Waals surface area contributed by atoms with Gasteiger partial charge in [0.2, 0.25) is 5.95 Å². The van der Waals surface area contributed by atoms with E-state index in [0.29, 0.717) is 5.92 Å². The van der Waals surface area contributed by atoms with Crippen molar-refractivity contribution >= 4 is 22.7 Å². The third-order valence-electron chi connectivity index (χ3n) is 3.76. The van der Waals surface area contributed by atoms with E-state index in [1.165, 1.54) is 16.7 Å². The van der Waals surface area contributed by atoms with Crippen LogP contribution in [0.25, 0.3) is 11.0 Å². The Balaban J connectivity index is 1.89. The van der Waals surface area contributed by atoms with E-state index >= 15 is 0 Å². The molecule has 2 N–H and O–H groups in total. The number of hydrogen-bond donors (Lipinski definition) is 2. The number of aryl methyl sites for hydroxylation is 2. The zero-order valence-electron chi connectivity index (χ0n) is 13.0. The van der Waals surface area contributed by atoms with Gasteiger partial charge in [0.25, 0.3) is 0 Å². The molecule has 0 saturated heterocycles. The van der Waals surface area contributed by atoms with Crippen LogP contribution in [0.4, 0.5) is 11.6 Å². The van der Waals surface area contributed by atoms with Crippen molar-refractivity contribution in [2.45, 2.75) is 33.6 Å². The Hall–Kier alpha value is -2.29. The van der Waals surface area contributed by atoms with Crippen molar-refractivity contribution in [3.63, 3.8) is 0 Å². The minimum Gasteiger partial charge on any atom is -0.326 e. The van der Waals surface area contributed by atoms with Crippen LogP contribution in [0.2, 0.25) is 0 Å². The summed E-state index contributed by atoms with van der Waals surface area (Å²) in [5.74, 6) is 1.34. The van der Waals surface area contributed by atoms with Gasteiger partial charge in [-0.25, -0.2) is 4.98 Å². The van der Waals surface area contributed by atoms with Gasteiger partial charge < -0.3 is 10.3 Å². The molecule has 3 rings (SSSR count). The van der Waals surface area contributed by atoms with Gasteiger partial charge in [-0.05, 0) is 54.7 Å². The molecule has 0 spiro atoms. The first kappa shape index (κ1) is 13.7. The molecule has 0 saturated carbocycles. The molecule has 21 heavy (non-hydrogen) atoms. The maximum atomic E-state index is 4.64. The van der Waals surface area contributed by atoms with E-state index in [2.05, 4.69) is 79.4 Å². The lowest BCUT2D eigenvalue weighted by molar-refractivity contribution is 0.867. The van der Waals surface area contributed by atoms with Crippen LogP contribution in [-0.4, -0.2) is 9.97 Å².